The number of anilines is 1. The number of hydrogen-bond acceptors (Lipinski definition) is 4. The van der Waals surface area contributed by atoms with Crippen molar-refractivity contribution in [1.82, 2.24) is 10.5 Å². The number of aromatic nitrogens is 1. The van der Waals surface area contributed by atoms with Crippen LogP contribution >= 0.6 is 0 Å². The van der Waals surface area contributed by atoms with E-state index in [0.29, 0.717) is 5.88 Å². The number of piperidine rings is 1. The van der Waals surface area contributed by atoms with Crippen LogP contribution in [0.3, 0.4) is 0 Å². The van der Waals surface area contributed by atoms with Crippen molar-refractivity contribution in [1.29, 1.82) is 0 Å². The third-order valence-electron chi connectivity index (χ3n) is 2.85. The van der Waals surface area contributed by atoms with E-state index in [1.54, 1.807) is 0 Å². The van der Waals surface area contributed by atoms with Gasteiger partial charge in [-0.15, -0.1) is 0 Å². The molecule has 1 aromatic heterocycles. The molecule has 0 bridgehead atoms. The van der Waals surface area contributed by atoms with Gasteiger partial charge in [-0.05, 0) is 25.9 Å². The number of nitrogens with two attached hydrogens (primary N) is 1. The third kappa shape index (κ3) is 1.54. The minimum atomic E-state index is 0.145. The quantitative estimate of drug-likeness (QED) is 0.675. The summed E-state index contributed by atoms with van der Waals surface area (Å²) in [5.74, 6) is 0.412. The second kappa shape index (κ2) is 3.03. The summed E-state index contributed by atoms with van der Waals surface area (Å²) in [6.45, 7) is 4.30. The normalized spacial score (nSPS) is 21.6. The van der Waals surface area contributed by atoms with Gasteiger partial charge >= 0.3 is 0 Å². The smallest absolute Gasteiger partial charge is 0.222 e. The Bertz CT molecular complexity index is 289. The maximum atomic E-state index is 5.50. The first-order chi connectivity index (χ1) is 6.21. The Hall–Kier alpha value is -1.03. The zero-order valence-electron chi connectivity index (χ0n) is 7.84. The molecule has 1 aliphatic rings. The topological polar surface area (TPSA) is 64.1 Å². The molecule has 0 radical (unpaired) electrons. The second-order valence-corrected chi connectivity index (χ2v) is 3.93. The zero-order chi connectivity index (χ0) is 9.31. The van der Waals surface area contributed by atoms with Gasteiger partial charge in [0.25, 0.3) is 0 Å². The maximum Gasteiger partial charge on any atom is 0.222 e. The Balaban J connectivity index is 2.22. The fraction of sp³-hybridized carbons (Fsp3) is 0.667. The van der Waals surface area contributed by atoms with Gasteiger partial charge in [-0.1, -0.05) is 12.1 Å². The number of nitrogens with one attached hydrogen (secondary N) is 1. The minimum Gasteiger partial charge on any atom is -0.368 e. The molecule has 0 amide bonds. The van der Waals surface area contributed by atoms with Crippen molar-refractivity contribution in [3.05, 3.63) is 11.8 Å². The number of nitrogen functional groups attached to an aromatic ring is 1. The van der Waals surface area contributed by atoms with Gasteiger partial charge in [0.2, 0.25) is 5.88 Å². The van der Waals surface area contributed by atoms with Crippen molar-refractivity contribution >= 4 is 5.88 Å². The molecule has 0 spiro atoms. The van der Waals surface area contributed by atoms with Crippen molar-refractivity contribution in [3.8, 4) is 0 Å². The molecule has 4 nitrogen and oxygen atoms in total. The second-order valence-electron chi connectivity index (χ2n) is 3.93. The first-order valence-corrected chi connectivity index (χ1v) is 4.64. The van der Waals surface area contributed by atoms with Crippen LogP contribution in [0.25, 0.3) is 0 Å². The highest BCUT2D eigenvalue weighted by molar-refractivity contribution is 5.29. The molecule has 0 atom stereocenters. The highest BCUT2D eigenvalue weighted by Crippen LogP contribution is 2.32. The lowest BCUT2D eigenvalue weighted by Gasteiger charge is -2.31. The monoisotopic (exact) mass is 181 g/mol. The van der Waals surface area contributed by atoms with Crippen LogP contribution in [0, 0.1) is 0 Å². The van der Waals surface area contributed by atoms with Crippen molar-refractivity contribution in [2.24, 2.45) is 0 Å². The molecule has 1 aliphatic heterocycles. The Labute approximate surface area is 77.5 Å². The van der Waals surface area contributed by atoms with Gasteiger partial charge in [0.05, 0.1) is 5.69 Å². The fourth-order valence-corrected chi connectivity index (χ4v) is 1.81. The van der Waals surface area contributed by atoms with E-state index in [-0.39, 0.29) is 5.41 Å². The Morgan fingerprint density at radius 3 is 2.77 bits per heavy atom. The van der Waals surface area contributed by atoms with Crippen LogP contribution in [0.1, 0.15) is 25.5 Å². The molecule has 0 aromatic carbocycles. The summed E-state index contributed by atoms with van der Waals surface area (Å²) in [4.78, 5) is 0. The summed E-state index contributed by atoms with van der Waals surface area (Å²) in [5, 5.41) is 7.31. The molecule has 72 valence electrons. The van der Waals surface area contributed by atoms with Crippen LogP contribution in [-0.2, 0) is 5.41 Å². The van der Waals surface area contributed by atoms with E-state index in [0.717, 1.165) is 31.6 Å². The lowest BCUT2D eigenvalue weighted by atomic mass is 9.78. The highest BCUT2D eigenvalue weighted by atomic mass is 16.5. The van der Waals surface area contributed by atoms with Gasteiger partial charge in [-0.3, -0.25) is 0 Å². The van der Waals surface area contributed by atoms with Gasteiger partial charge in [0, 0.05) is 11.5 Å². The Morgan fingerprint density at radius 2 is 2.23 bits per heavy atom. The van der Waals surface area contributed by atoms with Crippen molar-refractivity contribution in [3.63, 3.8) is 0 Å². The van der Waals surface area contributed by atoms with E-state index in [9.17, 15) is 0 Å². The van der Waals surface area contributed by atoms with Crippen LogP contribution in [0.2, 0.25) is 0 Å². The lowest BCUT2D eigenvalue weighted by Crippen LogP contribution is -2.37. The standard InChI is InChI=1S/C9H15N3O/c1-9(2-4-11-5-3-9)7-6-8(10)13-12-7/h6,11H,2-5,10H2,1H3. The molecule has 13 heavy (non-hydrogen) atoms. The number of rotatable bonds is 1. The predicted molar refractivity (Wildman–Crippen MR) is 50.4 cm³/mol. The summed E-state index contributed by atoms with van der Waals surface area (Å²) in [6, 6.07) is 1.84. The van der Waals surface area contributed by atoms with E-state index in [2.05, 4.69) is 17.4 Å². The van der Waals surface area contributed by atoms with Crippen LogP contribution in [0.4, 0.5) is 5.88 Å². The van der Waals surface area contributed by atoms with Gasteiger partial charge in [0.1, 0.15) is 0 Å². The van der Waals surface area contributed by atoms with E-state index < -0.39 is 0 Å². The van der Waals surface area contributed by atoms with Crippen LogP contribution in [0.5, 0.6) is 0 Å². The van der Waals surface area contributed by atoms with E-state index >= 15 is 0 Å². The van der Waals surface area contributed by atoms with Crippen LogP contribution in [-0.4, -0.2) is 18.2 Å². The molecule has 4 heteroatoms. The summed E-state index contributed by atoms with van der Waals surface area (Å²) in [6.07, 6.45) is 2.19. The molecule has 3 N–H and O–H groups in total. The van der Waals surface area contributed by atoms with Crippen molar-refractivity contribution in [2.75, 3.05) is 18.8 Å². The summed E-state index contributed by atoms with van der Waals surface area (Å²) in [7, 11) is 0. The summed E-state index contributed by atoms with van der Waals surface area (Å²) >= 11 is 0. The molecule has 2 heterocycles. The first kappa shape index (κ1) is 8.56. The largest absolute Gasteiger partial charge is 0.368 e. The van der Waals surface area contributed by atoms with Crippen LogP contribution in [0.15, 0.2) is 10.6 Å². The molecule has 1 aromatic rings. The predicted octanol–water partition coefficient (Wildman–Crippen LogP) is 0.898. The number of nitrogens with zero attached hydrogens (tertiary/aromatic N) is 1. The Morgan fingerprint density at radius 1 is 1.54 bits per heavy atom. The van der Waals surface area contributed by atoms with Gasteiger partial charge < -0.3 is 15.6 Å². The third-order valence-corrected chi connectivity index (χ3v) is 2.85. The summed E-state index contributed by atoms with van der Waals surface area (Å²) in [5.41, 5.74) is 6.64. The fourth-order valence-electron chi connectivity index (χ4n) is 1.81. The lowest BCUT2D eigenvalue weighted by molar-refractivity contribution is 0.308. The average Bonchev–Trinajstić information content (AvgIpc) is 2.54. The van der Waals surface area contributed by atoms with Crippen molar-refractivity contribution < 1.29 is 4.52 Å². The van der Waals surface area contributed by atoms with Crippen LogP contribution < -0.4 is 11.1 Å². The molecule has 0 aliphatic carbocycles. The van der Waals surface area contributed by atoms with E-state index in [1.807, 2.05) is 6.07 Å². The molecular weight excluding hydrogens is 166 g/mol. The highest BCUT2D eigenvalue weighted by Gasteiger charge is 2.31. The SMILES string of the molecule is CC1(c2cc(N)on2)CCNCC1. The zero-order valence-corrected chi connectivity index (χ0v) is 7.84. The molecular formula is C9H15N3O. The van der Waals surface area contributed by atoms with Gasteiger partial charge in [0.15, 0.2) is 0 Å². The molecule has 0 saturated carbocycles. The minimum absolute atomic E-state index is 0.145. The molecule has 2 rings (SSSR count). The van der Waals surface area contributed by atoms with Crippen molar-refractivity contribution in [2.45, 2.75) is 25.2 Å². The average molecular weight is 181 g/mol. The first-order valence-electron chi connectivity index (χ1n) is 4.64. The maximum absolute atomic E-state index is 5.50. The van der Waals surface area contributed by atoms with Gasteiger partial charge in [-0.2, -0.15) is 0 Å². The number of hydrogen-bond donors (Lipinski definition) is 2. The molecule has 1 saturated heterocycles. The summed E-state index contributed by atoms with van der Waals surface area (Å²) < 4.78 is 4.89. The van der Waals surface area contributed by atoms with E-state index in [4.69, 9.17) is 10.3 Å². The van der Waals surface area contributed by atoms with Gasteiger partial charge in [-0.25, -0.2) is 0 Å². The molecule has 0 unspecified atom stereocenters. The Kier molecular flexibility index (Phi) is 2.00. The van der Waals surface area contributed by atoms with E-state index in [1.165, 1.54) is 0 Å². The molecule has 1 fully saturated rings.